The zero-order valence-corrected chi connectivity index (χ0v) is 14.0. The zero-order valence-electron chi connectivity index (χ0n) is 12.4. The summed E-state index contributed by atoms with van der Waals surface area (Å²) in [7, 11) is -7.20. The van der Waals surface area contributed by atoms with Crippen LogP contribution >= 0.6 is 10.0 Å². The second-order valence-corrected chi connectivity index (χ2v) is 11.3. The maximum atomic E-state index is 12.6. The van der Waals surface area contributed by atoms with Crippen LogP contribution in [0.15, 0.2) is 23.1 Å². The third kappa shape index (κ3) is 3.19. The van der Waals surface area contributed by atoms with Gasteiger partial charge in [0.05, 0.1) is 0 Å². The fourth-order valence-electron chi connectivity index (χ4n) is 1.99. The number of hydrogen-bond acceptors (Lipinski definition) is 3. The fourth-order valence-corrected chi connectivity index (χ4v) is 3.69. The normalized spacial score (nSPS) is 14.3. The van der Waals surface area contributed by atoms with Gasteiger partial charge in [0.15, 0.2) is 5.75 Å². The number of nitrogens with one attached hydrogen (secondary N) is 1. The highest BCUT2D eigenvalue weighted by atomic mass is 32.3. The number of aromatic nitrogens is 1. The average molecular weight is 355 g/mol. The Balaban J connectivity index is 2.65. The zero-order chi connectivity index (χ0) is 16.9. The average Bonchev–Trinajstić information content (AvgIpc) is 2.63. The van der Waals surface area contributed by atoms with E-state index in [1.807, 2.05) is 18.8 Å². The van der Waals surface area contributed by atoms with Crippen molar-refractivity contribution in [3.63, 3.8) is 0 Å². The Morgan fingerprint density at radius 1 is 1.09 bits per heavy atom. The molecule has 0 aliphatic heterocycles. The minimum Gasteiger partial charge on any atom is -0.375 e. The number of alkyl halides is 3. The Labute approximate surface area is 128 Å². The van der Waals surface area contributed by atoms with Gasteiger partial charge in [-0.1, -0.05) is 0 Å². The van der Waals surface area contributed by atoms with E-state index in [0.29, 0.717) is 10.3 Å². The molecule has 124 valence electrons. The van der Waals surface area contributed by atoms with Crippen LogP contribution < -0.4 is 4.18 Å². The topological polar surface area (TPSA) is 59.2 Å². The lowest BCUT2D eigenvalue weighted by atomic mass is 10.2. The summed E-state index contributed by atoms with van der Waals surface area (Å²) in [4.78, 5) is 3.53. The molecule has 1 aromatic heterocycles. The van der Waals surface area contributed by atoms with E-state index in [0.717, 1.165) is 11.2 Å². The van der Waals surface area contributed by atoms with Crippen LogP contribution in [0, 0.1) is 6.92 Å². The van der Waals surface area contributed by atoms with Crippen LogP contribution in [-0.2, 0) is 10.1 Å². The Kier molecular flexibility index (Phi) is 3.93. The highest BCUT2D eigenvalue weighted by molar-refractivity contribution is 8.32. The summed E-state index contributed by atoms with van der Waals surface area (Å²) in [6.45, 7) is 1.80. The van der Waals surface area contributed by atoms with Gasteiger partial charge in [0.1, 0.15) is 0 Å². The minimum atomic E-state index is -5.69. The molecule has 0 atom stereocenters. The van der Waals surface area contributed by atoms with E-state index in [1.54, 1.807) is 19.1 Å². The van der Waals surface area contributed by atoms with Crippen molar-refractivity contribution in [3.8, 4) is 5.75 Å². The summed E-state index contributed by atoms with van der Waals surface area (Å²) >= 11 is 0. The molecule has 0 unspecified atom stereocenters. The van der Waals surface area contributed by atoms with Crippen LogP contribution in [0.4, 0.5) is 13.2 Å². The monoisotopic (exact) mass is 355 g/mol. The molecule has 2 aromatic rings. The number of halogens is 3. The predicted molar refractivity (Wildman–Crippen MR) is 82.3 cm³/mol. The molecule has 0 spiro atoms. The van der Waals surface area contributed by atoms with E-state index in [2.05, 4.69) is 9.17 Å². The van der Waals surface area contributed by atoms with Crippen molar-refractivity contribution < 1.29 is 25.8 Å². The second-order valence-electron chi connectivity index (χ2n) is 5.66. The largest absolute Gasteiger partial charge is 0.534 e. The standard InChI is InChI=1S/C13H16F3NO3S2/c1-8-5-9-6-11(20-22(18,19)13(14,15)16)12(21(2,3)4)7-10(9)17-8/h5-7,17H,1-4H3. The maximum absolute atomic E-state index is 12.6. The molecule has 0 saturated carbocycles. The molecule has 2 rings (SSSR count). The van der Waals surface area contributed by atoms with Crippen LogP contribution in [0.2, 0.25) is 0 Å². The molecule has 0 aliphatic rings. The summed E-state index contributed by atoms with van der Waals surface area (Å²) in [5, 5.41) is 0.595. The maximum Gasteiger partial charge on any atom is 0.534 e. The molecular weight excluding hydrogens is 339 g/mol. The minimum absolute atomic E-state index is 0.272. The number of aromatic amines is 1. The van der Waals surface area contributed by atoms with Gasteiger partial charge in [-0.25, -0.2) is 10.0 Å². The molecule has 0 bridgehead atoms. The van der Waals surface area contributed by atoms with Crippen LogP contribution in [-0.4, -0.2) is 37.7 Å². The van der Waals surface area contributed by atoms with Gasteiger partial charge in [-0.2, -0.15) is 21.6 Å². The fraction of sp³-hybridized carbons (Fsp3) is 0.385. The predicted octanol–water partition coefficient (Wildman–Crippen LogP) is 3.76. The van der Waals surface area contributed by atoms with E-state index in [-0.39, 0.29) is 5.75 Å². The van der Waals surface area contributed by atoms with E-state index in [9.17, 15) is 21.6 Å². The van der Waals surface area contributed by atoms with Crippen molar-refractivity contribution in [1.82, 2.24) is 4.98 Å². The lowest BCUT2D eigenvalue weighted by Gasteiger charge is -2.28. The van der Waals surface area contributed by atoms with Crippen molar-refractivity contribution in [2.45, 2.75) is 17.3 Å². The Morgan fingerprint density at radius 2 is 1.68 bits per heavy atom. The van der Waals surface area contributed by atoms with Crippen molar-refractivity contribution in [3.05, 3.63) is 23.9 Å². The molecule has 0 saturated heterocycles. The number of benzene rings is 1. The molecular formula is C13H16F3NO3S2. The highest BCUT2D eigenvalue weighted by Gasteiger charge is 2.49. The summed E-state index contributed by atoms with van der Waals surface area (Å²) in [5.74, 6) is -0.272. The van der Waals surface area contributed by atoms with Crippen molar-refractivity contribution in [1.29, 1.82) is 0 Å². The second kappa shape index (κ2) is 5.09. The van der Waals surface area contributed by atoms with Crippen LogP contribution in [0.3, 0.4) is 0 Å². The van der Waals surface area contributed by atoms with Gasteiger partial charge in [-0.3, -0.25) is 0 Å². The van der Waals surface area contributed by atoms with E-state index >= 15 is 0 Å². The van der Waals surface area contributed by atoms with Crippen LogP contribution in [0.1, 0.15) is 5.69 Å². The van der Waals surface area contributed by atoms with Gasteiger partial charge in [0.25, 0.3) is 0 Å². The first-order valence-electron chi connectivity index (χ1n) is 6.14. The molecule has 0 radical (unpaired) electrons. The Bertz CT molecular complexity index is 817. The number of rotatable bonds is 3. The molecule has 0 aliphatic carbocycles. The molecule has 22 heavy (non-hydrogen) atoms. The Morgan fingerprint density at radius 3 is 2.18 bits per heavy atom. The molecule has 1 N–H and O–H groups in total. The quantitative estimate of drug-likeness (QED) is 0.674. The van der Waals surface area contributed by atoms with Crippen molar-refractivity contribution in [2.24, 2.45) is 0 Å². The molecule has 0 fully saturated rings. The van der Waals surface area contributed by atoms with E-state index < -0.39 is 25.7 Å². The van der Waals surface area contributed by atoms with Crippen molar-refractivity contribution >= 4 is 31.0 Å². The molecule has 1 heterocycles. The Hall–Kier alpha value is -1.35. The SMILES string of the molecule is Cc1cc2cc(OS(=O)(=O)C(F)(F)F)c(S(C)(C)C)cc2[nH]1. The number of H-pyrrole nitrogens is 1. The number of aryl methyl sites for hydroxylation is 1. The first-order valence-corrected chi connectivity index (χ1v) is 10.4. The third-order valence-corrected chi connectivity index (χ3v) is 5.57. The lowest BCUT2D eigenvalue weighted by Crippen LogP contribution is -2.28. The highest BCUT2D eigenvalue weighted by Crippen LogP contribution is 2.51. The summed E-state index contributed by atoms with van der Waals surface area (Å²) in [6, 6.07) is 4.69. The van der Waals surface area contributed by atoms with E-state index in [1.165, 1.54) is 6.07 Å². The lowest BCUT2D eigenvalue weighted by molar-refractivity contribution is -0.0500. The third-order valence-electron chi connectivity index (χ3n) is 2.96. The van der Waals surface area contributed by atoms with Crippen LogP contribution in [0.25, 0.3) is 10.9 Å². The van der Waals surface area contributed by atoms with Gasteiger partial charge in [-0.05, 0) is 43.9 Å². The van der Waals surface area contributed by atoms with Gasteiger partial charge < -0.3 is 9.17 Å². The summed E-state index contributed by atoms with van der Waals surface area (Å²) in [6.07, 6.45) is 5.53. The number of hydrogen-bond donors (Lipinski definition) is 1. The summed E-state index contributed by atoms with van der Waals surface area (Å²) in [5.41, 5.74) is -3.91. The smallest absolute Gasteiger partial charge is 0.375 e. The molecule has 1 aromatic carbocycles. The van der Waals surface area contributed by atoms with Gasteiger partial charge in [0.2, 0.25) is 0 Å². The van der Waals surface area contributed by atoms with Gasteiger partial charge >= 0.3 is 15.6 Å². The first kappa shape index (κ1) is 17.0. The van der Waals surface area contributed by atoms with Gasteiger partial charge in [-0.15, -0.1) is 0 Å². The van der Waals surface area contributed by atoms with Crippen LogP contribution in [0.5, 0.6) is 5.75 Å². The van der Waals surface area contributed by atoms with E-state index in [4.69, 9.17) is 0 Å². The summed E-state index contributed by atoms with van der Waals surface area (Å²) < 4.78 is 64.6. The first-order chi connectivity index (χ1) is 9.81. The van der Waals surface area contributed by atoms with Crippen molar-refractivity contribution in [2.75, 3.05) is 18.8 Å². The number of fused-ring (bicyclic) bond motifs is 1. The molecule has 0 amide bonds. The molecule has 9 heteroatoms. The molecule has 4 nitrogen and oxygen atoms in total. The van der Waals surface area contributed by atoms with Gasteiger partial charge in [0, 0.05) is 21.5 Å².